The quantitative estimate of drug-likeness (QED) is 0.717. The zero-order chi connectivity index (χ0) is 18.2. The van der Waals surface area contributed by atoms with Gasteiger partial charge in [-0.15, -0.1) is 0 Å². The summed E-state index contributed by atoms with van der Waals surface area (Å²) in [6.07, 6.45) is 10.2. The molecule has 0 atom stereocenters. The van der Waals surface area contributed by atoms with Crippen LogP contribution in [0.5, 0.6) is 0 Å². The highest BCUT2D eigenvalue weighted by Crippen LogP contribution is 2.20. The van der Waals surface area contributed by atoms with Crippen LogP contribution < -0.4 is 10.6 Å². The lowest BCUT2D eigenvalue weighted by Crippen LogP contribution is -2.23. The van der Waals surface area contributed by atoms with Crippen molar-refractivity contribution in [3.8, 4) is 0 Å². The molecule has 0 radical (unpaired) electrons. The van der Waals surface area contributed by atoms with Gasteiger partial charge in [0.25, 0.3) is 5.91 Å². The summed E-state index contributed by atoms with van der Waals surface area (Å²) in [5, 5.41) is 6.29. The number of aryl methyl sites for hydroxylation is 1. The summed E-state index contributed by atoms with van der Waals surface area (Å²) in [6, 6.07) is 11.8. The van der Waals surface area contributed by atoms with Crippen molar-refractivity contribution < 1.29 is 4.79 Å². The van der Waals surface area contributed by atoms with Crippen LogP contribution in [0.1, 0.15) is 53.6 Å². The molecule has 1 aromatic heterocycles. The fourth-order valence-corrected chi connectivity index (χ4v) is 3.20. The van der Waals surface area contributed by atoms with E-state index in [2.05, 4.69) is 21.7 Å². The van der Waals surface area contributed by atoms with Crippen LogP contribution >= 0.6 is 0 Å². The number of nitrogens with one attached hydrogen (secondary N) is 2. The van der Waals surface area contributed by atoms with Crippen LogP contribution in [-0.4, -0.2) is 17.4 Å². The first-order valence-electron chi connectivity index (χ1n) is 9.43. The summed E-state index contributed by atoms with van der Waals surface area (Å²) < 4.78 is 0. The number of anilines is 1. The molecular formula is C22H27N3O. The van der Waals surface area contributed by atoms with E-state index in [0.717, 1.165) is 24.3 Å². The van der Waals surface area contributed by atoms with Gasteiger partial charge in [-0.05, 0) is 62.3 Å². The van der Waals surface area contributed by atoms with E-state index in [1.54, 1.807) is 11.8 Å². The molecule has 0 spiro atoms. The third-order valence-electron chi connectivity index (χ3n) is 4.86. The molecule has 2 aromatic rings. The maximum atomic E-state index is 12.3. The van der Waals surface area contributed by atoms with Crippen molar-refractivity contribution in [1.29, 1.82) is 0 Å². The first-order chi connectivity index (χ1) is 12.7. The van der Waals surface area contributed by atoms with Gasteiger partial charge in [-0.2, -0.15) is 0 Å². The van der Waals surface area contributed by atoms with E-state index in [-0.39, 0.29) is 5.91 Å². The second-order valence-corrected chi connectivity index (χ2v) is 6.83. The highest BCUT2D eigenvalue weighted by molar-refractivity contribution is 5.94. The van der Waals surface area contributed by atoms with Gasteiger partial charge in [-0.25, -0.2) is 4.98 Å². The molecule has 136 valence electrons. The monoisotopic (exact) mass is 349 g/mol. The summed E-state index contributed by atoms with van der Waals surface area (Å²) >= 11 is 0. The molecule has 1 aliphatic carbocycles. The predicted molar refractivity (Wildman–Crippen MR) is 106 cm³/mol. The molecule has 1 amide bonds. The van der Waals surface area contributed by atoms with Crippen molar-refractivity contribution in [2.24, 2.45) is 0 Å². The third-order valence-corrected chi connectivity index (χ3v) is 4.86. The largest absolute Gasteiger partial charge is 0.370 e. The number of benzene rings is 1. The van der Waals surface area contributed by atoms with Gasteiger partial charge in [-0.1, -0.05) is 35.9 Å². The number of pyridine rings is 1. The minimum atomic E-state index is -0.0975. The second kappa shape index (κ2) is 9.18. The molecular weight excluding hydrogens is 322 g/mol. The van der Waals surface area contributed by atoms with Gasteiger partial charge < -0.3 is 10.6 Å². The number of carbonyl (C=O) groups is 1. The molecule has 2 N–H and O–H groups in total. The molecule has 4 nitrogen and oxygen atoms in total. The predicted octanol–water partition coefficient (Wildman–Crippen LogP) is 4.62. The Morgan fingerprint density at radius 1 is 1.15 bits per heavy atom. The van der Waals surface area contributed by atoms with Crippen LogP contribution in [0.3, 0.4) is 0 Å². The molecule has 26 heavy (non-hydrogen) atoms. The lowest BCUT2D eigenvalue weighted by molar-refractivity contribution is 0.0950. The second-order valence-electron chi connectivity index (χ2n) is 6.83. The Morgan fingerprint density at radius 2 is 2.04 bits per heavy atom. The van der Waals surface area contributed by atoms with E-state index in [0.29, 0.717) is 12.1 Å². The number of amides is 1. The Kier molecular flexibility index (Phi) is 6.42. The molecule has 0 unspecified atom stereocenters. The van der Waals surface area contributed by atoms with Gasteiger partial charge in [0, 0.05) is 19.3 Å². The molecule has 3 rings (SSSR count). The Hall–Kier alpha value is -2.62. The van der Waals surface area contributed by atoms with Gasteiger partial charge in [-0.3, -0.25) is 4.79 Å². The normalized spacial score (nSPS) is 13.8. The van der Waals surface area contributed by atoms with Crippen molar-refractivity contribution in [1.82, 2.24) is 10.3 Å². The average Bonchev–Trinajstić information content (AvgIpc) is 2.68. The van der Waals surface area contributed by atoms with E-state index < -0.39 is 0 Å². The molecule has 1 aliphatic rings. The number of nitrogens with zero attached hydrogens (tertiary/aromatic N) is 1. The van der Waals surface area contributed by atoms with Crippen LogP contribution in [0.4, 0.5) is 5.82 Å². The van der Waals surface area contributed by atoms with Crippen LogP contribution in [0, 0.1) is 6.92 Å². The van der Waals surface area contributed by atoms with Crippen LogP contribution in [0.2, 0.25) is 0 Å². The number of hydrogen-bond acceptors (Lipinski definition) is 3. The average molecular weight is 349 g/mol. The SMILES string of the molecule is Cc1ccccc1CNC(=O)c1ccc(NCCC2=CCCCC2)nc1. The third kappa shape index (κ3) is 5.19. The smallest absolute Gasteiger partial charge is 0.253 e. The molecule has 1 aromatic carbocycles. The van der Waals surface area contributed by atoms with E-state index >= 15 is 0 Å². The Bertz CT molecular complexity index is 765. The van der Waals surface area contributed by atoms with Crippen molar-refractivity contribution in [2.45, 2.75) is 45.6 Å². The zero-order valence-corrected chi connectivity index (χ0v) is 15.4. The number of rotatable bonds is 7. The van der Waals surface area contributed by atoms with Crippen molar-refractivity contribution in [3.05, 3.63) is 70.9 Å². The van der Waals surface area contributed by atoms with Crippen LogP contribution in [0.25, 0.3) is 0 Å². The summed E-state index contributed by atoms with van der Waals surface area (Å²) in [6.45, 7) is 3.46. The van der Waals surface area contributed by atoms with Gasteiger partial charge in [0.15, 0.2) is 0 Å². The van der Waals surface area contributed by atoms with Crippen LogP contribution in [-0.2, 0) is 6.54 Å². The number of carbonyl (C=O) groups excluding carboxylic acids is 1. The fraction of sp³-hybridized carbons (Fsp3) is 0.364. The summed E-state index contributed by atoms with van der Waals surface area (Å²) in [5.74, 6) is 0.719. The van der Waals surface area contributed by atoms with Gasteiger partial charge in [0.1, 0.15) is 5.82 Å². The Labute approximate surface area is 155 Å². The maximum Gasteiger partial charge on any atom is 0.253 e. The lowest BCUT2D eigenvalue weighted by Gasteiger charge is -2.13. The molecule has 0 saturated carbocycles. The van der Waals surface area contributed by atoms with Crippen molar-refractivity contribution in [2.75, 3.05) is 11.9 Å². The van der Waals surface area contributed by atoms with Gasteiger partial charge in [0.05, 0.1) is 5.56 Å². The summed E-state index contributed by atoms with van der Waals surface area (Å²) in [5.41, 5.74) is 4.44. The van der Waals surface area contributed by atoms with Crippen LogP contribution in [0.15, 0.2) is 54.2 Å². The highest BCUT2D eigenvalue weighted by Gasteiger charge is 2.07. The Morgan fingerprint density at radius 3 is 2.77 bits per heavy atom. The van der Waals surface area contributed by atoms with E-state index in [9.17, 15) is 4.79 Å². The minimum Gasteiger partial charge on any atom is -0.370 e. The van der Waals surface area contributed by atoms with Gasteiger partial charge >= 0.3 is 0 Å². The number of aromatic nitrogens is 1. The fourth-order valence-electron chi connectivity index (χ4n) is 3.20. The molecule has 1 heterocycles. The topological polar surface area (TPSA) is 54.0 Å². The number of hydrogen-bond donors (Lipinski definition) is 2. The molecule has 0 fully saturated rings. The van der Waals surface area contributed by atoms with E-state index in [1.165, 1.54) is 31.2 Å². The molecule has 0 saturated heterocycles. The maximum absolute atomic E-state index is 12.3. The summed E-state index contributed by atoms with van der Waals surface area (Å²) in [7, 11) is 0. The summed E-state index contributed by atoms with van der Waals surface area (Å²) in [4.78, 5) is 16.6. The first-order valence-corrected chi connectivity index (χ1v) is 9.43. The lowest BCUT2D eigenvalue weighted by atomic mass is 9.97. The zero-order valence-electron chi connectivity index (χ0n) is 15.4. The minimum absolute atomic E-state index is 0.0975. The van der Waals surface area contributed by atoms with Gasteiger partial charge in [0.2, 0.25) is 0 Å². The standard InChI is InChI=1S/C22H27N3O/c1-17-7-5-6-10-19(17)15-25-22(26)20-11-12-21(24-16-20)23-14-13-18-8-3-2-4-9-18/h5-8,10-12,16H,2-4,9,13-15H2,1H3,(H,23,24)(H,25,26). The van der Waals surface area contributed by atoms with Crippen molar-refractivity contribution >= 4 is 11.7 Å². The molecule has 0 bridgehead atoms. The number of allylic oxidation sites excluding steroid dienone is 1. The van der Waals surface area contributed by atoms with E-state index in [1.807, 2.05) is 43.3 Å². The first kappa shape index (κ1) is 18.2. The highest BCUT2D eigenvalue weighted by atomic mass is 16.1. The molecule has 0 aliphatic heterocycles. The van der Waals surface area contributed by atoms with Crippen molar-refractivity contribution in [3.63, 3.8) is 0 Å². The molecule has 4 heteroatoms. The van der Waals surface area contributed by atoms with E-state index in [4.69, 9.17) is 0 Å². The Balaban J connectivity index is 1.46.